The van der Waals surface area contributed by atoms with Crippen LogP contribution in [0.1, 0.15) is 32.1 Å². The van der Waals surface area contributed by atoms with E-state index in [0.29, 0.717) is 18.0 Å². The van der Waals surface area contributed by atoms with E-state index >= 15 is 0 Å². The van der Waals surface area contributed by atoms with Crippen LogP contribution in [0.5, 0.6) is 0 Å². The Balaban J connectivity index is 1.91. The molecule has 1 heterocycles. The third-order valence-corrected chi connectivity index (χ3v) is 4.04. The van der Waals surface area contributed by atoms with E-state index < -0.39 is 11.6 Å². The fourth-order valence-corrected chi connectivity index (χ4v) is 3.01. The van der Waals surface area contributed by atoms with Gasteiger partial charge in [-0.2, -0.15) is 0 Å². The molecule has 19 heavy (non-hydrogen) atoms. The fraction of sp³-hybridized carbons (Fsp3) is 0.500. The van der Waals surface area contributed by atoms with Crippen molar-refractivity contribution in [2.75, 3.05) is 5.73 Å². The van der Waals surface area contributed by atoms with E-state index in [1.54, 1.807) is 4.57 Å². The summed E-state index contributed by atoms with van der Waals surface area (Å²) >= 11 is 0. The van der Waals surface area contributed by atoms with Crippen molar-refractivity contribution >= 4 is 17.0 Å². The summed E-state index contributed by atoms with van der Waals surface area (Å²) in [4.78, 5) is 4.00. The molecule has 1 aliphatic rings. The van der Waals surface area contributed by atoms with E-state index in [4.69, 9.17) is 5.73 Å². The number of fused-ring (bicyclic) bond motifs is 1. The van der Waals surface area contributed by atoms with E-state index in [1.807, 2.05) is 0 Å². The Bertz CT molecular complexity index is 600. The third kappa shape index (κ3) is 2.29. The molecule has 0 bridgehead atoms. The summed E-state index contributed by atoms with van der Waals surface area (Å²) in [6.45, 7) is 0.676. The fourth-order valence-electron chi connectivity index (χ4n) is 3.01. The molecule has 0 radical (unpaired) electrons. The minimum absolute atomic E-state index is 0.158. The number of rotatable bonds is 3. The normalized spacial score (nSPS) is 16.5. The first-order chi connectivity index (χ1) is 9.15. The van der Waals surface area contributed by atoms with E-state index in [1.165, 1.54) is 31.7 Å². The van der Waals surface area contributed by atoms with Crippen molar-refractivity contribution < 1.29 is 8.78 Å². The smallest absolute Gasteiger partial charge is 0.201 e. The number of benzene rings is 1. The van der Waals surface area contributed by atoms with Gasteiger partial charge in [0.1, 0.15) is 11.3 Å². The first-order valence-electron chi connectivity index (χ1n) is 6.76. The van der Waals surface area contributed by atoms with Gasteiger partial charge in [0.15, 0.2) is 5.82 Å². The highest BCUT2D eigenvalue weighted by Gasteiger charge is 2.18. The van der Waals surface area contributed by atoms with Crippen molar-refractivity contribution in [3.63, 3.8) is 0 Å². The Kier molecular flexibility index (Phi) is 3.12. The highest BCUT2D eigenvalue weighted by atomic mass is 19.1. The number of nitrogens with zero attached hydrogens (tertiary/aromatic N) is 2. The van der Waals surface area contributed by atoms with Crippen LogP contribution in [0.3, 0.4) is 0 Å². The molecular formula is C14H17F2N3. The van der Waals surface area contributed by atoms with Crippen LogP contribution in [0, 0.1) is 17.6 Å². The van der Waals surface area contributed by atoms with Crippen LogP contribution >= 0.6 is 0 Å². The van der Waals surface area contributed by atoms with Gasteiger partial charge in [-0.1, -0.05) is 25.7 Å². The lowest BCUT2D eigenvalue weighted by Crippen LogP contribution is -2.07. The van der Waals surface area contributed by atoms with Gasteiger partial charge >= 0.3 is 0 Å². The standard InChI is InChI=1S/C14H17F2N3/c15-10-7-11(16)13-12(8-10)19(14(17)18-13)6-5-9-3-1-2-4-9/h7-9H,1-6H2,(H2,17,18). The van der Waals surface area contributed by atoms with Crippen molar-refractivity contribution in [1.82, 2.24) is 9.55 Å². The number of anilines is 1. The summed E-state index contributed by atoms with van der Waals surface area (Å²) in [6.07, 6.45) is 6.06. The van der Waals surface area contributed by atoms with Crippen LogP contribution in [0.15, 0.2) is 12.1 Å². The molecule has 2 N–H and O–H groups in total. The predicted octanol–water partition coefficient (Wildman–Crippen LogP) is 3.48. The Morgan fingerprint density at radius 1 is 1.26 bits per heavy atom. The molecule has 3 rings (SSSR count). The molecule has 5 heteroatoms. The number of aromatic nitrogens is 2. The molecule has 102 valence electrons. The topological polar surface area (TPSA) is 43.8 Å². The summed E-state index contributed by atoms with van der Waals surface area (Å²) in [5, 5.41) is 0. The molecule has 1 aromatic carbocycles. The number of halogens is 2. The highest BCUT2D eigenvalue weighted by Crippen LogP contribution is 2.29. The van der Waals surface area contributed by atoms with Gasteiger partial charge < -0.3 is 10.3 Å². The van der Waals surface area contributed by atoms with Gasteiger partial charge in [0.25, 0.3) is 0 Å². The molecular weight excluding hydrogens is 248 g/mol. The maximum Gasteiger partial charge on any atom is 0.201 e. The monoisotopic (exact) mass is 265 g/mol. The van der Waals surface area contributed by atoms with Gasteiger partial charge in [0, 0.05) is 18.7 Å². The average Bonchev–Trinajstić information content (AvgIpc) is 2.95. The molecule has 0 aliphatic heterocycles. The molecule has 0 spiro atoms. The summed E-state index contributed by atoms with van der Waals surface area (Å²) in [5.74, 6) is -0.277. The Labute approximate surface area is 110 Å². The lowest BCUT2D eigenvalue weighted by atomic mass is 10.0. The number of imidazole rings is 1. The zero-order chi connectivity index (χ0) is 13.4. The molecule has 0 unspecified atom stereocenters. The van der Waals surface area contributed by atoms with Crippen molar-refractivity contribution in [2.24, 2.45) is 5.92 Å². The van der Waals surface area contributed by atoms with E-state index in [9.17, 15) is 8.78 Å². The second kappa shape index (κ2) is 4.79. The van der Waals surface area contributed by atoms with E-state index in [0.717, 1.165) is 12.5 Å². The van der Waals surface area contributed by atoms with Crippen molar-refractivity contribution in [2.45, 2.75) is 38.6 Å². The minimum Gasteiger partial charge on any atom is -0.369 e. The zero-order valence-electron chi connectivity index (χ0n) is 10.7. The molecule has 0 saturated heterocycles. The third-order valence-electron chi connectivity index (χ3n) is 4.04. The molecule has 1 saturated carbocycles. The van der Waals surface area contributed by atoms with Gasteiger partial charge in [-0.25, -0.2) is 13.8 Å². The Morgan fingerprint density at radius 3 is 2.74 bits per heavy atom. The van der Waals surface area contributed by atoms with E-state index in [2.05, 4.69) is 4.98 Å². The van der Waals surface area contributed by atoms with Crippen LogP contribution in [0.2, 0.25) is 0 Å². The second-order valence-electron chi connectivity index (χ2n) is 5.32. The number of aryl methyl sites for hydroxylation is 1. The van der Waals surface area contributed by atoms with Crippen molar-refractivity contribution in [3.05, 3.63) is 23.8 Å². The molecule has 1 aliphatic carbocycles. The number of nitrogen functional groups attached to an aromatic ring is 1. The maximum absolute atomic E-state index is 13.6. The van der Waals surface area contributed by atoms with Crippen LogP contribution in [0.4, 0.5) is 14.7 Å². The number of hydrogen-bond donors (Lipinski definition) is 1. The molecule has 2 aromatic rings. The summed E-state index contributed by atoms with van der Waals surface area (Å²) in [6, 6.07) is 2.15. The second-order valence-corrected chi connectivity index (χ2v) is 5.32. The zero-order valence-corrected chi connectivity index (χ0v) is 10.7. The predicted molar refractivity (Wildman–Crippen MR) is 70.6 cm³/mol. The molecule has 0 amide bonds. The molecule has 3 nitrogen and oxygen atoms in total. The highest BCUT2D eigenvalue weighted by molar-refractivity contribution is 5.79. The minimum atomic E-state index is -0.652. The van der Waals surface area contributed by atoms with Crippen LogP contribution in [-0.4, -0.2) is 9.55 Å². The van der Waals surface area contributed by atoms with E-state index in [-0.39, 0.29) is 11.5 Å². The summed E-state index contributed by atoms with van der Waals surface area (Å²) in [7, 11) is 0. The Hall–Kier alpha value is -1.65. The maximum atomic E-state index is 13.6. The first-order valence-corrected chi connectivity index (χ1v) is 6.76. The van der Waals surface area contributed by atoms with Crippen LogP contribution in [-0.2, 0) is 6.54 Å². The summed E-state index contributed by atoms with van der Waals surface area (Å²) in [5.41, 5.74) is 6.43. The molecule has 1 fully saturated rings. The van der Waals surface area contributed by atoms with Crippen LogP contribution < -0.4 is 5.73 Å². The lowest BCUT2D eigenvalue weighted by Gasteiger charge is -2.11. The van der Waals surface area contributed by atoms with Gasteiger partial charge in [-0.15, -0.1) is 0 Å². The van der Waals surface area contributed by atoms with Gasteiger partial charge in [-0.3, -0.25) is 0 Å². The van der Waals surface area contributed by atoms with Crippen molar-refractivity contribution in [3.8, 4) is 0 Å². The number of hydrogen-bond acceptors (Lipinski definition) is 2. The largest absolute Gasteiger partial charge is 0.369 e. The Morgan fingerprint density at radius 2 is 2.00 bits per heavy atom. The summed E-state index contributed by atoms with van der Waals surface area (Å²) < 4.78 is 28.6. The molecule has 0 atom stereocenters. The lowest BCUT2D eigenvalue weighted by molar-refractivity contribution is 0.464. The van der Waals surface area contributed by atoms with Crippen LogP contribution in [0.25, 0.3) is 11.0 Å². The van der Waals surface area contributed by atoms with Gasteiger partial charge in [0.05, 0.1) is 5.52 Å². The first kappa shape index (κ1) is 12.4. The SMILES string of the molecule is Nc1nc2c(F)cc(F)cc2n1CCC1CCCC1. The van der Waals surface area contributed by atoms with Gasteiger partial charge in [0.2, 0.25) is 5.95 Å². The average molecular weight is 265 g/mol. The quantitative estimate of drug-likeness (QED) is 0.923. The molecule has 1 aromatic heterocycles. The number of nitrogens with two attached hydrogens (primary N) is 1. The van der Waals surface area contributed by atoms with Crippen molar-refractivity contribution in [1.29, 1.82) is 0 Å². The van der Waals surface area contributed by atoms with Gasteiger partial charge in [-0.05, 0) is 12.3 Å².